The fourth-order valence-electron chi connectivity index (χ4n) is 2.77. The van der Waals surface area contributed by atoms with Gasteiger partial charge in [-0.3, -0.25) is 5.01 Å². The van der Waals surface area contributed by atoms with E-state index in [0.29, 0.717) is 11.8 Å². The molecule has 0 unspecified atom stereocenters. The van der Waals surface area contributed by atoms with E-state index in [1.807, 2.05) is 37.3 Å². The van der Waals surface area contributed by atoms with Gasteiger partial charge in [0.1, 0.15) is 5.84 Å². The number of rotatable bonds is 5. The highest BCUT2D eigenvalue weighted by Gasteiger charge is 2.16. The van der Waals surface area contributed by atoms with E-state index in [2.05, 4.69) is 63.5 Å². The zero-order valence-electron chi connectivity index (χ0n) is 15.7. The number of amidine groups is 1. The molecule has 0 aliphatic heterocycles. The highest BCUT2D eigenvalue weighted by atomic mass is 15.5. The van der Waals surface area contributed by atoms with E-state index in [9.17, 15) is 0 Å². The van der Waals surface area contributed by atoms with E-state index in [-0.39, 0.29) is 0 Å². The first kappa shape index (κ1) is 18.2. The second-order valence-corrected chi connectivity index (χ2v) is 6.68. The predicted octanol–water partition coefficient (Wildman–Crippen LogP) is 5.08. The van der Waals surface area contributed by atoms with Gasteiger partial charge in [-0.25, -0.2) is 10.4 Å². The number of aliphatic imine (C=N–C) groups is 1. The number of hydrazine groups is 1. The van der Waals surface area contributed by atoms with E-state index in [1.165, 1.54) is 11.1 Å². The van der Waals surface area contributed by atoms with E-state index >= 15 is 0 Å². The van der Waals surface area contributed by atoms with Gasteiger partial charge in [0.15, 0.2) is 0 Å². The first-order chi connectivity index (χ1) is 11.5. The van der Waals surface area contributed by atoms with Crippen LogP contribution in [0.3, 0.4) is 0 Å². The van der Waals surface area contributed by atoms with Crippen LogP contribution < -0.4 is 5.43 Å². The Morgan fingerprint density at radius 2 is 1.42 bits per heavy atom. The lowest BCUT2D eigenvalue weighted by Crippen LogP contribution is -2.37. The van der Waals surface area contributed by atoms with Crippen LogP contribution in [0.5, 0.6) is 0 Å². The summed E-state index contributed by atoms with van der Waals surface area (Å²) in [6, 6.07) is 16.8. The normalized spacial score (nSPS) is 12.1. The summed E-state index contributed by atoms with van der Waals surface area (Å²) < 4.78 is 0. The molecule has 2 aromatic rings. The quantitative estimate of drug-likeness (QED) is 0.472. The van der Waals surface area contributed by atoms with Gasteiger partial charge in [0.05, 0.1) is 5.69 Å². The zero-order chi connectivity index (χ0) is 17.7. The maximum Gasteiger partial charge on any atom is 0.150 e. The monoisotopic (exact) mass is 323 g/mol. The topological polar surface area (TPSA) is 27.6 Å². The Morgan fingerprint density at radius 1 is 0.875 bits per heavy atom. The van der Waals surface area contributed by atoms with Crippen molar-refractivity contribution >= 4 is 11.5 Å². The Balaban J connectivity index is 2.69. The standard InChI is InChI=1S/C21H29N3/c1-15(2)18-13-10-14-19(16(3)4)20(18)23-21(24(6)22-5)17-11-8-7-9-12-17/h7-16,22H,1-6H3. The third-order valence-electron chi connectivity index (χ3n) is 4.25. The molecule has 1 N–H and O–H groups in total. The van der Waals surface area contributed by atoms with Crippen LogP contribution in [0, 0.1) is 0 Å². The minimum Gasteiger partial charge on any atom is -0.295 e. The Morgan fingerprint density at radius 3 is 1.88 bits per heavy atom. The van der Waals surface area contributed by atoms with Gasteiger partial charge in [-0.05, 0) is 23.0 Å². The molecule has 24 heavy (non-hydrogen) atoms. The number of nitrogens with one attached hydrogen (secondary N) is 1. The second-order valence-electron chi connectivity index (χ2n) is 6.68. The minimum atomic E-state index is 0.430. The van der Waals surface area contributed by atoms with Crippen molar-refractivity contribution in [3.63, 3.8) is 0 Å². The van der Waals surface area contributed by atoms with Crippen LogP contribution in [-0.2, 0) is 0 Å². The molecule has 0 saturated heterocycles. The average Bonchev–Trinajstić information content (AvgIpc) is 2.59. The van der Waals surface area contributed by atoms with Crippen molar-refractivity contribution in [3.8, 4) is 0 Å². The average molecular weight is 323 g/mol. The lowest BCUT2D eigenvalue weighted by atomic mass is 9.93. The highest BCUT2D eigenvalue weighted by molar-refractivity contribution is 6.00. The molecule has 3 nitrogen and oxygen atoms in total. The molecule has 0 aliphatic carbocycles. The van der Waals surface area contributed by atoms with Crippen molar-refractivity contribution in [2.45, 2.75) is 39.5 Å². The van der Waals surface area contributed by atoms with Crippen LogP contribution in [-0.4, -0.2) is 24.9 Å². The van der Waals surface area contributed by atoms with Gasteiger partial charge < -0.3 is 0 Å². The molecular weight excluding hydrogens is 294 g/mol. The zero-order valence-corrected chi connectivity index (χ0v) is 15.7. The highest BCUT2D eigenvalue weighted by Crippen LogP contribution is 2.35. The summed E-state index contributed by atoms with van der Waals surface area (Å²) >= 11 is 0. The van der Waals surface area contributed by atoms with Crippen molar-refractivity contribution in [1.82, 2.24) is 10.4 Å². The molecule has 0 spiro atoms. The molecule has 0 fully saturated rings. The molecule has 2 rings (SSSR count). The summed E-state index contributed by atoms with van der Waals surface area (Å²) in [5.74, 6) is 1.78. The Bertz CT molecular complexity index is 661. The van der Waals surface area contributed by atoms with Gasteiger partial charge >= 0.3 is 0 Å². The van der Waals surface area contributed by atoms with Gasteiger partial charge in [0, 0.05) is 19.7 Å². The molecule has 0 radical (unpaired) electrons. The van der Waals surface area contributed by atoms with E-state index in [4.69, 9.17) is 4.99 Å². The number of hydrogen-bond acceptors (Lipinski definition) is 2. The van der Waals surface area contributed by atoms with Crippen molar-refractivity contribution in [2.75, 3.05) is 14.1 Å². The van der Waals surface area contributed by atoms with E-state index in [1.54, 1.807) is 0 Å². The van der Waals surface area contributed by atoms with Crippen LogP contribution in [0.25, 0.3) is 0 Å². The van der Waals surface area contributed by atoms with Crippen LogP contribution in [0.2, 0.25) is 0 Å². The Kier molecular flexibility index (Phi) is 6.16. The van der Waals surface area contributed by atoms with Crippen LogP contribution in [0.1, 0.15) is 56.2 Å². The summed E-state index contributed by atoms with van der Waals surface area (Å²) in [5.41, 5.74) is 7.97. The van der Waals surface area contributed by atoms with E-state index in [0.717, 1.165) is 17.1 Å². The number of hydrogen-bond donors (Lipinski definition) is 1. The molecule has 0 bridgehead atoms. The molecule has 0 heterocycles. The third-order valence-corrected chi connectivity index (χ3v) is 4.25. The van der Waals surface area contributed by atoms with Crippen LogP contribution in [0.4, 0.5) is 5.69 Å². The molecule has 0 atom stereocenters. The number of nitrogens with zero attached hydrogens (tertiary/aromatic N) is 2. The fourth-order valence-corrected chi connectivity index (χ4v) is 2.77. The maximum absolute atomic E-state index is 5.12. The smallest absolute Gasteiger partial charge is 0.150 e. The summed E-state index contributed by atoms with van der Waals surface area (Å²) in [7, 11) is 3.91. The van der Waals surface area contributed by atoms with Gasteiger partial charge in [-0.15, -0.1) is 0 Å². The lowest BCUT2D eigenvalue weighted by molar-refractivity contribution is 0.410. The first-order valence-corrected chi connectivity index (χ1v) is 8.63. The van der Waals surface area contributed by atoms with Crippen LogP contribution >= 0.6 is 0 Å². The SMILES string of the molecule is CNN(C)C(=Nc1c(C(C)C)cccc1C(C)C)c1ccccc1. The fraction of sp³-hybridized carbons (Fsp3) is 0.381. The van der Waals surface area contributed by atoms with Crippen molar-refractivity contribution in [2.24, 2.45) is 4.99 Å². The lowest BCUT2D eigenvalue weighted by Gasteiger charge is -2.23. The summed E-state index contributed by atoms with van der Waals surface area (Å²) in [6.45, 7) is 8.90. The van der Waals surface area contributed by atoms with Gasteiger partial charge in [0.25, 0.3) is 0 Å². The summed E-state index contributed by atoms with van der Waals surface area (Å²) in [4.78, 5) is 5.12. The third kappa shape index (κ3) is 4.04. The number of benzene rings is 2. The molecule has 0 aromatic heterocycles. The predicted molar refractivity (Wildman–Crippen MR) is 104 cm³/mol. The molecule has 3 heteroatoms. The van der Waals surface area contributed by atoms with Gasteiger partial charge in [-0.2, -0.15) is 0 Å². The molecule has 2 aromatic carbocycles. The minimum absolute atomic E-state index is 0.430. The Labute approximate surface area is 146 Å². The summed E-state index contributed by atoms with van der Waals surface area (Å²) in [6.07, 6.45) is 0. The first-order valence-electron chi connectivity index (χ1n) is 8.63. The molecule has 0 aliphatic rings. The maximum atomic E-state index is 5.12. The number of para-hydroxylation sites is 1. The van der Waals surface area contributed by atoms with Gasteiger partial charge in [-0.1, -0.05) is 76.2 Å². The largest absolute Gasteiger partial charge is 0.295 e. The molecular formula is C21H29N3. The van der Waals surface area contributed by atoms with Crippen molar-refractivity contribution < 1.29 is 0 Å². The van der Waals surface area contributed by atoms with Crippen molar-refractivity contribution in [3.05, 3.63) is 65.2 Å². The molecule has 0 saturated carbocycles. The van der Waals surface area contributed by atoms with E-state index < -0.39 is 0 Å². The van der Waals surface area contributed by atoms with Crippen molar-refractivity contribution in [1.29, 1.82) is 0 Å². The van der Waals surface area contributed by atoms with Crippen LogP contribution in [0.15, 0.2) is 53.5 Å². The molecule has 0 amide bonds. The summed E-state index contributed by atoms with van der Waals surface area (Å²) in [5, 5.41) is 1.97. The van der Waals surface area contributed by atoms with Gasteiger partial charge in [0.2, 0.25) is 0 Å². The second kappa shape index (κ2) is 8.11. The molecule has 128 valence electrons. The Hall–Kier alpha value is -2.13.